The molecule has 2 aromatic carbocycles. The van der Waals surface area contributed by atoms with Crippen molar-refractivity contribution >= 4 is 46.6 Å². The topological polar surface area (TPSA) is 129 Å². The van der Waals surface area contributed by atoms with Gasteiger partial charge in [0.2, 0.25) is 5.91 Å². The van der Waals surface area contributed by atoms with Gasteiger partial charge in [0, 0.05) is 34.8 Å². The number of nitrogens with one attached hydrogen (secondary N) is 3. The molecule has 0 radical (unpaired) electrons. The standard InChI is InChI=1S/C29H31N5O4S/c1-30-29(36)28-25(38-18-7-3-2-4-12-27(35)34-37)10-8-11-26(28)39-21-14-15-22-23(32-33-24(22)19-21)16-13-20-9-5-6-17-31-20/h5-6,8-11,13-17,19,37H,2-4,7,12,18H2,1H3,(H,30,36)(H,32,33)(H,34,35)/b16-13+. The van der Waals surface area contributed by atoms with Crippen LogP contribution in [0.5, 0.6) is 5.75 Å². The molecule has 0 aliphatic heterocycles. The van der Waals surface area contributed by atoms with Gasteiger partial charge in [-0.3, -0.25) is 24.9 Å². The minimum absolute atomic E-state index is 0.215. The van der Waals surface area contributed by atoms with Crippen LogP contribution in [0, 0.1) is 0 Å². The van der Waals surface area contributed by atoms with Crippen molar-refractivity contribution in [1.82, 2.24) is 26.0 Å². The maximum absolute atomic E-state index is 12.8. The van der Waals surface area contributed by atoms with E-state index >= 15 is 0 Å². The number of aromatic nitrogens is 3. The third-order valence-corrected chi connectivity index (χ3v) is 7.06. The van der Waals surface area contributed by atoms with E-state index in [0.717, 1.165) is 51.3 Å². The molecule has 39 heavy (non-hydrogen) atoms. The zero-order valence-corrected chi connectivity index (χ0v) is 22.5. The summed E-state index contributed by atoms with van der Waals surface area (Å²) in [6.45, 7) is 0.458. The Morgan fingerprint density at radius 3 is 2.72 bits per heavy atom. The second kappa shape index (κ2) is 14.1. The Morgan fingerprint density at radius 2 is 1.92 bits per heavy atom. The van der Waals surface area contributed by atoms with Gasteiger partial charge in [0.25, 0.3) is 5.91 Å². The molecule has 10 heteroatoms. The summed E-state index contributed by atoms with van der Waals surface area (Å²) in [7, 11) is 1.60. The number of pyridine rings is 1. The first-order valence-electron chi connectivity index (χ1n) is 12.7. The van der Waals surface area contributed by atoms with Crippen molar-refractivity contribution in [2.75, 3.05) is 13.7 Å². The highest BCUT2D eigenvalue weighted by atomic mass is 32.2. The first kappa shape index (κ1) is 27.9. The molecule has 0 spiro atoms. The molecular weight excluding hydrogens is 514 g/mol. The highest BCUT2D eigenvalue weighted by Gasteiger charge is 2.18. The maximum Gasteiger partial charge on any atom is 0.255 e. The van der Waals surface area contributed by atoms with Crippen molar-refractivity contribution in [2.45, 2.75) is 41.9 Å². The van der Waals surface area contributed by atoms with Crippen LogP contribution in [0.3, 0.4) is 0 Å². The second-order valence-electron chi connectivity index (χ2n) is 8.76. The molecule has 4 rings (SSSR count). The number of carbonyl (C=O) groups excluding carboxylic acids is 2. The summed E-state index contributed by atoms with van der Waals surface area (Å²) in [6, 6.07) is 17.4. The van der Waals surface area contributed by atoms with E-state index in [1.807, 2.05) is 60.7 Å². The number of hydrogen-bond donors (Lipinski definition) is 4. The molecule has 2 aromatic heterocycles. The summed E-state index contributed by atoms with van der Waals surface area (Å²) in [5, 5.41) is 19.8. The van der Waals surface area contributed by atoms with Crippen LogP contribution in [-0.2, 0) is 4.79 Å². The summed E-state index contributed by atoms with van der Waals surface area (Å²) >= 11 is 1.49. The van der Waals surface area contributed by atoms with Crippen LogP contribution < -0.4 is 15.5 Å². The number of unbranched alkanes of at least 4 members (excludes halogenated alkanes) is 3. The van der Waals surface area contributed by atoms with Crippen LogP contribution in [-0.4, -0.2) is 45.9 Å². The highest BCUT2D eigenvalue weighted by Crippen LogP contribution is 2.36. The van der Waals surface area contributed by atoms with Gasteiger partial charge in [0.05, 0.1) is 29.1 Å². The first-order chi connectivity index (χ1) is 19.1. The van der Waals surface area contributed by atoms with Gasteiger partial charge < -0.3 is 10.1 Å². The van der Waals surface area contributed by atoms with E-state index in [1.54, 1.807) is 24.8 Å². The zero-order chi connectivity index (χ0) is 27.5. The number of benzene rings is 2. The number of aromatic amines is 1. The second-order valence-corrected chi connectivity index (χ2v) is 9.88. The molecule has 0 unspecified atom stereocenters. The van der Waals surface area contributed by atoms with E-state index in [0.29, 0.717) is 30.8 Å². The number of carbonyl (C=O) groups is 2. The van der Waals surface area contributed by atoms with E-state index in [9.17, 15) is 9.59 Å². The van der Waals surface area contributed by atoms with Crippen molar-refractivity contribution in [1.29, 1.82) is 0 Å². The monoisotopic (exact) mass is 545 g/mol. The van der Waals surface area contributed by atoms with Gasteiger partial charge in [-0.2, -0.15) is 5.10 Å². The molecule has 0 saturated heterocycles. The lowest BCUT2D eigenvalue weighted by atomic mass is 10.1. The van der Waals surface area contributed by atoms with Gasteiger partial charge >= 0.3 is 0 Å². The van der Waals surface area contributed by atoms with E-state index < -0.39 is 0 Å². The SMILES string of the molecule is CNC(=O)c1c(OCCCCCCC(=O)NO)cccc1Sc1ccc2c(/C=C/c3ccccn3)n[nH]c2c1. The predicted octanol–water partition coefficient (Wildman–Crippen LogP) is 5.47. The van der Waals surface area contributed by atoms with Gasteiger partial charge in [0.15, 0.2) is 0 Å². The molecule has 0 aliphatic rings. The summed E-state index contributed by atoms with van der Waals surface area (Å²) < 4.78 is 6.00. The molecular formula is C29H31N5O4S. The lowest BCUT2D eigenvalue weighted by molar-refractivity contribution is -0.129. The van der Waals surface area contributed by atoms with Crippen LogP contribution in [0.2, 0.25) is 0 Å². The average molecular weight is 546 g/mol. The van der Waals surface area contributed by atoms with E-state index in [2.05, 4.69) is 20.5 Å². The maximum atomic E-state index is 12.8. The largest absolute Gasteiger partial charge is 0.493 e. The summed E-state index contributed by atoms with van der Waals surface area (Å²) in [6.07, 6.45) is 9.13. The van der Waals surface area contributed by atoms with Gasteiger partial charge in [-0.15, -0.1) is 0 Å². The molecule has 2 amide bonds. The molecule has 0 fully saturated rings. The van der Waals surface area contributed by atoms with Crippen molar-refractivity contribution in [2.24, 2.45) is 0 Å². The number of ether oxygens (including phenoxy) is 1. The Bertz CT molecular complexity index is 1440. The third-order valence-electron chi connectivity index (χ3n) is 6.01. The molecule has 9 nitrogen and oxygen atoms in total. The van der Waals surface area contributed by atoms with E-state index in [-0.39, 0.29) is 11.8 Å². The first-order valence-corrected chi connectivity index (χ1v) is 13.6. The van der Waals surface area contributed by atoms with Gasteiger partial charge in [-0.25, -0.2) is 5.48 Å². The van der Waals surface area contributed by atoms with Gasteiger partial charge in [0.1, 0.15) is 5.75 Å². The smallest absolute Gasteiger partial charge is 0.255 e. The van der Waals surface area contributed by atoms with Crippen LogP contribution in [0.15, 0.2) is 70.6 Å². The molecule has 0 atom stereocenters. The average Bonchev–Trinajstić information content (AvgIpc) is 3.37. The third kappa shape index (κ3) is 7.68. The fourth-order valence-electron chi connectivity index (χ4n) is 4.02. The van der Waals surface area contributed by atoms with Crippen LogP contribution in [0.4, 0.5) is 0 Å². The molecule has 0 aliphatic carbocycles. The quantitative estimate of drug-likeness (QED) is 0.0995. The van der Waals surface area contributed by atoms with Gasteiger partial charge in [-0.1, -0.05) is 36.7 Å². The molecule has 4 aromatic rings. The lowest BCUT2D eigenvalue weighted by Gasteiger charge is -2.14. The van der Waals surface area contributed by atoms with Crippen molar-refractivity contribution in [3.8, 4) is 5.75 Å². The minimum Gasteiger partial charge on any atom is -0.493 e. The zero-order valence-electron chi connectivity index (χ0n) is 21.6. The number of hydrogen-bond acceptors (Lipinski definition) is 7. The number of amides is 2. The highest BCUT2D eigenvalue weighted by molar-refractivity contribution is 7.99. The summed E-state index contributed by atoms with van der Waals surface area (Å²) in [5.74, 6) is -0.0587. The van der Waals surface area contributed by atoms with Crippen molar-refractivity contribution < 1.29 is 19.5 Å². The Hall–Kier alpha value is -4.15. The Morgan fingerprint density at radius 1 is 1.05 bits per heavy atom. The van der Waals surface area contributed by atoms with Crippen molar-refractivity contribution in [3.63, 3.8) is 0 Å². The fourth-order valence-corrected chi connectivity index (χ4v) is 5.03. The van der Waals surface area contributed by atoms with E-state index in [1.165, 1.54) is 11.8 Å². The molecule has 202 valence electrons. The Balaban J connectivity index is 1.43. The van der Waals surface area contributed by atoms with E-state index in [4.69, 9.17) is 9.94 Å². The number of rotatable bonds is 13. The molecule has 4 N–H and O–H groups in total. The molecule has 0 bridgehead atoms. The van der Waals surface area contributed by atoms with Crippen LogP contribution in [0.1, 0.15) is 53.8 Å². The minimum atomic E-state index is -0.375. The normalized spacial score (nSPS) is 11.1. The number of hydroxylamine groups is 1. The van der Waals surface area contributed by atoms with Crippen LogP contribution in [0.25, 0.3) is 23.1 Å². The van der Waals surface area contributed by atoms with Gasteiger partial charge in [-0.05, 0) is 67.5 Å². The fraction of sp³-hybridized carbons (Fsp3) is 0.241. The summed E-state index contributed by atoms with van der Waals surface area (Å²) in [4.78, 5) is 30.0. The molecule has 2 heterocycles. The lowest BCUT2D eigenvalue weighted by Crippen LogP contribution is -2.20. The number of nitrogens with zero attached hydrogens (tertiary/aromatic N) is 2. The number of fused-ring (bicyclic) bond motifs is 1. The van der Waals surface area contributed by atoms with Crippen LogP contribution >= 0.6 is 11.8 Å². The Kier molecular flexibility index (Phi) is 10.1. The predicted molar refractivity (Wildman–Crippen MR) is 152 cm³/mol. The Labute approximate surface area is 231 Å². The number of H-pyrrole nitrogens is 1. The summed E-state index contributed by atoms with van der Waals surface area (Å²) in [5.41, 5.74) is 4.71. The van der Waals surface area contributed by atoms with Crippen molar-refractivity contribution in [3.05, 3.63) is 77.7 Å². The molecule has 0 saturated carbocycles.